The molecular weight excluding hydrogens is 265 g/mol. The third-order valence-electron chi connectivity index (χ3n) is 2.55. The van der Waals surface area contributed by atoms with Crippen LogP contribution in [0.4, 0.5) is 0 Å². The fourth-order valence-electron chi connectivity index (χ4n) is 1.37. The van der Waals surface area contributed by atoms with Gasteiger partial charge in [0.25, 0.3) is 0 Å². The second-order valence-corrected chi connectivity index (χ2v) is 4.54. The van der Waals surface area contributed by atoms with Crippen molar-refractivity contribution < 1.29 is 15.3 Å². The van der Waals surface area contributed by atoms with Crippen molar-refractivity contribution in [2.45, 2.75) is 26.0 Å². The van der Waals surface area contributed by atoms with Gasteiger partial charge < -0.3 is 21.1 Å². The summed E-state index contributed by atoms with van der Waals surface area (Å²) in [7, 11) is 0. The van der Waals surface area contributed by atoms with Gasteiger partial charge in [0.05, 0.1) is 11.1 Å². The van der Waals surface area contributed by atoms with E-state index < -0.39 is 12.1 Å². The van der Waals surface area contributed by atoms with Gasteiger partial charge >= 0.3 is 0 Å². The summed E-state index contributed by atoms with van der Waals surface area (Å²) in [5, 5.41) is 28.7. The molecule has 0 heterocycles. The van der Waals surface area contributed by atoms with Crippen molar-refractivity contribution >= 4 is 24.0 Å². The Bertz CT molecular complexity index is 385. The minimum absolute atomic E-state index is 0. The summed E-state index contributed by atoms with van der Waals surface area (Å²) in [5.74, 6) is -0.574. The molecular formula is C11H17Cl2NO3. The topological polar surface area (TPSA) is 86.7 Å². The number of benzene rings is 1. The van der Waals surface area contributed by atoms with Gasteiger partial charge in [-0.2, -0.15) is 0 Å². The van der Waals surface area contributed by atoms with Gasteiger partial charge in [-0.3, -0.25) is 0 Å². The maximum atomic E-state index is 9.95. The summed E-state index contributed by atoms with van der Waals surface area (Å²) in [5.41, 5.74) is 6.11. The Labute approximate surface area is 111 Å². The number of nitrogens with two attached hydrogens (primary N) is 1. The molecule has 0 spiro atoms. The molecule has 0 aliphatic rings. The lowest BCUT2D eigenvalue weighted by Crippen LogP contribution is -2.33. The predicted molar refractivity (Wildman–Crippen MR) is 69.8 cm³/mol. The monoisotopic (exact) mass is 281 g/mol. The molecule has 0 amide bonds. The third kappa shape index (κ3) is 3.64. The van der Waals surface area contributed by atoms with Crippen molar-refractivity contribution in [3.05, 3.63) is 22.7 Å². The van der Waals surface area contributed by atoms with Crippen LogP contribution in [-0.2, 0) is 0 Å². The molecule has 0 saturated carbocycles. The molecule has 17 heavy (non-hydrogen) atoms. The van der Waals surface area contributed by atoms with E-state index in [1.807, 2.05) is 13.8 Å². The molecule has 4 nitrogen and oxygen atoms in total. The van der Waals surface area contributed by atoms with E-state index in [1.165, 1.54) is 12.1 Å². The second-order valence-electron chi connectivity index (χ2n) is 4.13. The lowest BCUT2D eigenvalue weighted by atomic mass is 9.94. The van der Waals surface area contributed by atoms with E-state index in [9.17, 15) is 15.3 Å². The number of halogens is 2. The standard InChI is InChI=1S/C11H16ClNO3.ClH/c1-5(2)10(13)11(16)6-3-8(14)9(15)4-7(6)12;/h3-5,10-11,14-16H,13H2,1-2H3;1H. The van der Waals surface area contributed by atoms with Crippen LogP contribution in [0.5, 0.6) is 11.5 Å². The first-order chi connectivity index (χ1) is 7.34. The molecule has 1 rings (SSSR count). The Morgan fingerprint density at radius 2 is 1.65 bits per heavy atom. The summed E-state index contributed by atoms with van der Waals surface area (Å²) >= 11 is 5.86. The fraction of sp³-hybridized carbons (Fsp3) is 0.455. The van der Waals surface area contributed by atoms with E-state index in [-0.39, 0.29) is 34.8 Å². The van der Waals surface area contributed by atoms with Crippen LogP contribution in [0.3, 0.4) is 0 Å². The van der Waals surface area contributed by atoms with Gasteiger partial charge in [-0.15, -0.1) is 12.4 Å². The number of aliphatic hydroxyl groups excluding tert-OH is 1. The Morgan fingerprint density at radius 3 is 2.12 bits per heavy atom. The summed E-state index contributed by atoms with van der Waals surface area (Å²) in [6, 6.07) is 1.93. The van der Waals surface area contributed by atoms with Gasteiger partial charge in [-0.05, 0) is 12.0 Å². The fourth-order valence-corrected chi connectivity index (χ4v) is 1.64. The molecule has 0 aromatic heterocycles. The summed E-state index contributed by atoms with van der Waals surface area (Å²) < 4.78 is 0. The summed E-state index contributed by atoms with van der Waals surface area (Å²) in [6.07, 6.45) is -0.973. The van der Waals surface area contributed by atoms with Crippen LogP contribution in [-0.4, -0.2) is 21.4 Å². The van der Waals surface area contributed by atoms with Crippen molar-refractivity contribution in [1.29, 1.82) is 0 Å². The smallest absolute Gasteiger partial charge is 0.158 e. The highest BCUT2D eigenvalue weighted by Crippen LogP contribution is 2.35. The highest BCUT2D eigenvalue weighted by Gasteiger charge is 2.23. The number of hydrogen-bond acceptors (Lipinski definition) is 4. The molecule has 2 unspecified atom stereocenters. The van der Waals surface area contributed by atoms with E-state index in [0.29, 0.717) is 5.56 Å². The molecule has 0 aliphatic heterocycles. The maximum Gasteiger partial charge on any atom is 0.158 e. The van der Waals surface area contributed by atoms with E-state index >= 15 is 0 Å². The van der Waals surface area contributed by atoms with Gasteiger partial charge in [0, 0.05) is 17.7 Å². The Kier molecular flexibility index (Phi) is 6.05. The van der Waals surface area contributed by atoms with Crippen LogP contribution < -0.4 is 5.73 Å². The lowest BCUT2D eigenvalue weighted by molar-refractivity contribution is 0.125. The zero-order valence-electron chi connectivity index (χ0n) is 9.59. The van der Waals surface area contributed by atoms with Crippen molar-refractivity contribution in [2.24, 2.45) is 11.7 Å². The predicted octanol–water partition coefficient (Wildman–Crippen LogP) is 2.19. The first kappa shape index (κ1) is 16.3. The van der Waals surface area contributed by atoms with Gasteiger partial charge in [-0.25, -0.2) is 0 Å². The van der Waals surface area contributed by atoms with E-state index in [0.717, 1.165) is 0 Å². The van der Waals surface area contributed by atoms with E-state index in [2.05, 4.69) is 0 Å². The van der Waals surface area contributed by atoms with Crippen molar-refractivity contribution in [2.75, 3.05) is 0 Å². The Balaban J connectivity index is 0.00000256. The maximum absolute atomic E-state index is 9.95. The molecule has 0 fully saturated rings. The molecule has 1 aromatic rings. The van der Waals surface area contributed by atoms with Gasteiger partial charge in [-0.1, -0.05) is 25.4 Å². The van der Waals surface area contributed by atoms with Crippen molar-refractivity contribution in [1.82, 2.24) is 0 Å². The first-order valence-electron chi connectivity index (χ1n) is 4.99. The lowest BCUT2D eigenvalue weighted by Gasteiger charge is -2.23. The molecule has 0 saturated heterocycles. The zero-order valence-corrected chi connectivity index (χ0v) is 11.2. The molecule has 6 heteroatoms. The number of aromatic hydroxyl groups is 2. The van der Waals surface area contributed by atoms with E-state index in [1.54, 1.807) is 0 Å². The number of phenolic OH excluding ortho intramolecular Hbond substituents is 2. The van der Waals surface area contributed by atoms with Crippen molar-refractivity contribution in [3.8, 4) is 11.5 Å². The summed E-state index contributed by atoms with van der Waals surface area (Å²) in [6.45, 7) is 3.75. The minimum Gasteiger partial charge on any atom is -0.504 e. The number of hydrogen-bond donors (Lipinski definition) is 4. The van der Waals surface area contributed by atoms with Crippen molar-refractivity contribution in [3.63, 3.8) is 0 Å². The van der Waals surface area contributed by atoms with Crippen LogP contribution in [0.15, 0.2) is 12.1 Å². The highest BCUT2D eigenvalue weighted by atomic mass is 35.5. The average molecular weight is 282 g/mol. The Morgan fingerprint density at radius 1 is 1.18 bits per heavy atom. The number of rotatable bonds is 3. The SMILES string of the molecule is CC(C)C(N)C(O)c1cc(O)c(O)cc1Cl.Cl. The van der Waals surface area contributed by atoms with Crippen LogP contribution >= 0.6 is 24.0 Å². The largest absolute Gasteiger partial charge is 0.504 e. The van der Waals surface area contributed by atoms with E-state index in [4.69, 9.17) is 17.3 Å². The molecule has 1 aromatic carbocycles. The van der Waals surface area contributed by atoms with Gasteiger partial charge in [0.2, 0.25) is 0 Å². The van der Waals surface area contributed by atoms with Crippen LogP contribution in [0, 0.1) is 5.92 Å². The average Bonchev–Trinajstić information content (AvgIpc) is 2.21. The van der Waals surface area contributed by atoms with Crippen LogP contribution in [0.2, 0.25) is 5.02 Å². The second kappa shape index (κ2) is 6.31. The van der Waals surface area contributed by atoms with Gasteiger partial charge in [0.15, 0.2) is 11.5 Å². The van der Waals surface area contributed by atoms with Crippen LogP contribution in [0.1, 0.15) is 25.5 Å². The summed E-state index contributed by atoms with van der Waals surface area (Å²) in [4.78, 5) is 0. The number of aliphatic hydroxyl groups is 1. The molecule has 98 valence electrons. The third-order valence-corrected chi connectivity index (χ3v) is 2.87. The molecule has 0 bridgehead atoms. The zero-order chi connectivity index (χ0) is 12.5. The van der Waals surface area contributed by atoms with Crippen LogP contribution in [0.25, 0.3) is 0 Å². The molecule has 2 atom stereocenters. The minimum atomic E-state index is -0.973. The Hall–Kier alpha value is -0.680. The normalized spacial score (nSPS) is 14.2. The van der Waals surface area contributed by atoms with Gasteiger partial charge in [0.1, 0.15) is 0 Å². The molecule has 0 radical (unpaired) electrons. The molecule has 5 N–H and O–H groups in total. The quantitative estimate of drug-likeness (QED) is 0.640. The first-order valence-corrected chi connectivity index (χ1v) is 5.37. The number of phenols is 2. The highest BCUT2D eigenvalue weighted by molar-refractivity contribution is 6.31. The molecule has 0 aliphatic carbocycles.